The summed E-state index contributed by atoms with van der Waals surface area (Å²) >= 11 is 7.25. The van der Waals surface area contributed by atoms with Crippen LogP contribution in [-0.4, -0.2) is 66.6 Å². The monoisotopic (exact) mass is 513 g/mol. The van der Waals surface area contributed by atoms with Crippen molar-refractivity contribution < 1.29 is 19.0 Å². The van der Waals surface area contributed by atoms with Gasteiger partial charge < -0.3 is 28.9 Å². The molecule has 5 rings (SSSR count). The normalized spacial score (nSPS) is 13.4. The highest BCUT2D eigenvalue weighted by Crippen LogP contribution is 2.46. The second-order valence-electron chi connectivity index (χ2n) is 8.19. The van der Waals surface area contributed by atoms with Crippen LogP contribution in [0.25, 0.3) is 22.2 Å². The first kappa shape index (κ1) is 23.4. The number of aromatic nitrogens is 3. The van der Waals surface area contributed by atoms with Crippen LogP contribution < -0.4 is 14.2 Å². The molecule has 35 heavy (non-hydrogen) atoms. The minimum absolute atomic E-state index is 0.166. The first-order valence-electron chi connectivity index (χ1n) is 10.9. The number of H-pyrrole nitrogens is 1. The molecular weight excluding hydrogens is 490 g/mol. The first-order chi connectivity index (χ1) is 17.0. The molecule has 1 aliphatic carbocycles. The van der Waals surface area contributed by atoms with Crippen molar-refractivity contribution in [1.82, 2.24) is 19.5 Å². The molecule has 0 radical (unpaired) electrons. The molecule has 2 heterocycles. The number of hydrogen-bond donors (Lipinski definition) is 1. The standard InChI is InChI=1S/C24H24ClN5O4S/c1-30(2)7-8-33-13-5-6-17-16(9-13)21-22(26-17)14-10-18(31-3)19(32-4)11-15(14)23(21)28-34-12-20-24(25)27-29-35-20/h5-6,9-11,26H,7-8,12H2,1-4H3. The van der Waals surface area contributed by atoms with E-state index in [1.165, 1.54) is 11.5 Å². The fourth-order valence-corrected chi connectivity index (χ4v) is 4.69. The Hall–Kier alpha value is -3.34. The molecule has 182 valence electrons. The molecule has 0 spiro atoms. The number of nitrogens with zero attached hydrogens (tertiary/aromatic N) is 4. The van der Waals surface area contributed by atoms with Gasteiger partial charge in [0.25, 0.3) is 0 Å². The van der Waals surface area contributed by atoms with Crippen LogP contribution in [0.3, 0.4) is 0 Å². The Balaban J connectivity index is 1.59. The number of ether oxygens (including phenoxy) is 3. The third-order valence-corrected chi connectivity index (χ3v) is 6.83. The molecule has 0 fully saturated rings. The van der Waals surface area contributed by atoms with E-state index in [1.807, 2.05) is 44.4 Å². The summed E-state index contributed by atoms with van der Waals surface area (Å²) in [5.41, 5.74) is 5.33. The van der Waals surface area contributed by atoms with Crippen LogP contribution in [0.1, 0.15) is 16.0 Å². The summed E-state index contributed by atoms with van der Waals surface area (Å²) in [4.78, 5) is 12.1. The van der Waals surface area contributed by atoms with Crippen LogP contribution >= 0.6 is 23.1 Å². The Kier molecular flexibility index (Phi) is 6.50. The quantitative estimate of drug-likeness (QED) is 0.288. The summed E-state index contributed by atoms with van der Waals surface area (Å²) in [6.45, 7) is 1.58. The molecule has 4 aromatic rings. The molecule has 1 aliphatic rings. The number of oxime groups is 1. The number of aromatic amines is 1. The Morgan fingerprint density at radius 1 is 1.09 bits per heavy atom. The Morgan fingerprint density at radius 2 is 1.86 bits per heavy atom. The number of rotatable bonds is 9. The molecule has 0 aliphatic heterocycles. The maximum absolute atomic E-state index is 6.07. The summed E-state index contributed by atoms with van der Waals surface area (Å²) in [6.07, 6.45) is 0. The van der Waals surface area contributed by atoms with Crippen molar-refractivity contribution in [3.05, 3.63) is 51.5 Å². The van der Waals surface area contributed by atoms with E-state index in [9.17, 15) is 0 Å². The van der Waals surface area contributed by atoms with Crippen LogP contribution in [0.2, 0.25) is 5.15 Å². The van der Waals surface area contributed by atoms with Crippen molar-refractivity contribution in [3.8, 4) is 28.5 Å². The van der Waals surface area contributed by atoms with E-state index in [0.29, 0.717) is 33.8 Å². The summed E-state index contributed by atoms with van der Waals surface area (Å²) in [5, 5.41) is 9.65. The molecule has 0 unspecified atom stereocenters. The fourth-order valence-electron chi connectivity index (χ4n) is 4.01. The van der Waals surface area contributed by atoms with Gasteiger partial charge >= 0.3 is 0 Å². The lowest BCUT2D eigenvalue weighted by Crippen LogP contribution is -2.19. The zero-order valence-electron chi connectivity index (χ0n) is 19.7. The van der Waals surface area contributed by atoms with E-state index < -0.39 is 0 Å². The van der Waals surface area contributed by atoms with Gasteiger partial charge in [-0.1, -0.05) is 21.2 Å². The molecule has 11 heteroatoms. The molecule has 0 atom stereocenters. The third kappa shape index (κ3) is 4.40. The fraction of sp³-hybridized carbons (Fsp3) is 0.292. The second kappa shape index (κ2) is 9.73. The molecule has 0 saturated carbocycles. The summed E-state index contributed by atoms with van der Waals surface area (Å²) in [5.74, 6) is 2.03. The average molecular weight is 514 g/mol. The van der Waals surface area contributed by atoms with Gasteiger partial charge in [-0.15, -0.1) is 5.10 Å². The van der Waals surface area contributed by atoms with Crippen LogP contribution in [0.4, 0.5) is 0 Å². The molecular formula is C24H24ClN5O4S. The average Bonchev–Trinajstić information content (AvgIpc) is 3.51. The van der Waals surface area contributed by atoms with E-state index in [1.54, 1.807) is 14.2 Å². The molecule has 9 nitrogen and oxygen atoms in total. The molecule has 0 bridgehead atoms. The van der Waals surface area contributed by atoms with Crippen molar-refractivity contribution >= 4 is 39.7 Å². The van der Waals surface area contributed by atoms with Gasteiger partial charge in [-0.3, -0.25) is 0 Å². The van der Waals surface area contributed by atoms with Crippen molar-refractivity contribution in [2.24, 2.45) is 5.16 Å². The van der Waals surface area contributed by atoms with E-state index in [2.05, 4.69) is 24.6 Å². The highest BCUT2D eigenvalue weighted by Gasteiger charge is 2.32. The number of fused-ring (bicyclic) bond motifs is 5. The van der Waals surface area contributed by atoms with Gasteiger partial charge in [0, 0.05) is 34.1 Å². The smallest absolute Gasteiger partial charge is 0.170 e. The highest BCUT2D eigenvalue weighted by molar-refractivity contribution is 7.06. The van der Waals surface area contributed by atoms with Gasteiger partial charge in [0.1, 0.15) is 22.9 Å². The number of halogens is 1. The Morgan fingerprint density at radius 3 is 2.54 bits per heavy atom. The number of benzene rings is 2. The largest absolute Gasteiger partial charge is 0.493 e. The van der Waals surface area contributed by atoms with E-state index >= 15 is 0 Å². The maximum atomic E-state index is 6.07. The van der Waals surface area contributed by atoms with Crippen molar-refractivity contribution in [3.63, 3.8) is 0 Å². The SMILES string of the molecule is COc1cc2c(cc1OC)-c1[nH]c3ccc(OCCN(C)C)cc3c1C2=NOCc1snnc1Cl. The second-order valence-corrected chi connectivity index (χ2v) is 9.38. The number of likely N-dealkylation sites (N-methyl/N-ethyl adjacent to an activating group) is 1. The molecule has 1 N–H and O–H groups in total. The predicted molar refractivity (Wildman–Crippen MR) is 136 cm³/mol. The van der Waals surface area contributed by atoms with E-state index in [-0.39, 0.29) is 6.61 Å². The van der Waals surface area contributed by atoms with Crippen molar-refractivity contribution in [2.75, 3.05) is 41.5 Å². The van der Waals surface area contributed by atoms with Crippen LogP contribution in [0, 0.1) is 0 Å². The lowest BCUT2D eigenvalue weighted by molar-refractivity contribution is 0.133. The first-order valence-corrected chi connectivity index (χ1v) is 12.0. The van der Waals surface area contributed by atoms with Crippen molar-refractivity contribution in [2.45, 2.75) is 6.61 Å². The lowest BCUT2D eigenvalue weighted by Gasteiger charge is -2.12. The summed E-state index contributed by atoms with van der Waals surface area (Å²) < 4.78 is 20.9. The summed E-state index contributed by atoms with van der Waals surface area (Å²) in [7, 11) is 7.26. The zero-order valence-corrected chi connectivity index (χ0v) is 21.3. The van der Waals surface area contributed by atoms with Gasteiger partial charge in [-0.2, -0.15) is 0 Å². The maximum Gasteiger partial charge on any atom is 0.170 e. The minimum atomic E-state index is 0.166. The Labute approximate surface area is 211 Å². The topological polar surface area (TPSA) is 94.1 Å². The lowest BCUT2D eigenvalue weighted by atomic mass is 10.1. The number of hydrogen-bond acceptors (Lipinski definition) is 9. The van der Waals surface area contributed by atoms with Crippen LogP contribution in [0.15, 0.2) is 35.5 Å². The molecule has 2 aromatic heterocycles. The van der Waals surface area contributed by atoms with Gasteiger partial charge in [0.2, 0.25) is 0 Å². The number of nitrogens with one attached hydrogen (secondary N) is 1. The van der Waals surface area contributed by atoms with E-state index in [4.69, 9.17) is 30.6 Å². The summed E-state index contributed by atoms with van der Waals surface area (Å²) in [6, 6.07) is 9.86. The third-order valence-electron chi connectivity index (χ3n) is 5.72. The molecule has 0 amide bonds. The van der Waals surface area contributed by atoms with E-state index in [0.717, 1.165) is 45.6 Å². The van der Waals surface area contributed by atoms with Gasteiger partial charge in [-0.25, -0.2) is 0 Å². The predicted octanol–water partition coefficient (Wildman–Crippen LogP) is 4.58. The van der Waals surface area contributed by atoms with Gasteiger partial charge in [-0.05, 0) is 56.0 Å². The van der Waals surface area contributed by atoms with Crippen molar-refractivity contribution in [1.29, 1.82) is 0 Å². The highest BCUT2D eigenvalue weighted by atomic mass is 35.5. The van der Waals surface area contributed by atoms with Crippen LogP contribution in [-0.2, 0) is 11.4 Å². The van der Waals surface area contributed by atoms with Crippen LogP contribution in [0.5, 0.6) is 17.2 Å². The molecule has 0 saturated heterocycles. The minimum Gasteiger partial charge on any atom is -0.493 e. The zero-order chi connectivity index (χ0) is 24.5. The Bertz CT molecular complexity index is 1410. The van der Waals surface area contributed by atoms with Gasteiger partial charge in [0.15, 0.2) is 23.3 Å². The van der Waals surface area contributed by atoms with Gasteiger partial charge in [0.05, 0.1) is 19.9 Å². The number of methoxy groups -OCH3 is 2. The molecule has 2 aromatic carbocycles.